The summed E-state index contributed by atoms with van der Waals surface area (Å²) in [7, 11) is 0. The molecule has 64 valence electrons. The Balaban J connectivity index is 1.97. The van der Waals surface area contributed by atoms with Crippen LogP contribution in [-0.4, -0.2) is 0 Å². The zero-order valence-electron chi connectivity index (χ0n) is 7.38. The zero-order valence-corrected chi connectivity index (χ0v) is 7.38. The summed E-state index contributed by atoms with van der Waals surface area (Å²) in [6.45, 7) is 0. The Morgan fingerprint density at radius 2 is 1.33 bits per heavy atom. The first kappa shape index (κ1) is 7.17. The van der Waals surface area contributed by atoms with Gasteiger partial charge in [-0.2, -0.15) is 0 Å². The van der Waals surface area contributed by atoms with E-state index in [1.165, 1.54) is 38.5 Å². The van der Waals surface area contributed by atoms with Crippen LogP contribution in [0.3, 0.4) is 0 Å². The molecule has 4 rings (SSSR count). The molecule has 1 heteroatoms. The predicted octanol–water partition coefficient (Wildman–Crippen LogP) is 2.59. The molecule has 0 aliphatic heterocycles. The van der Waals surface area contributed by atoms with E-state index in [0.29, 0.717) is 0 Å². The molecule has 4 bridgehead atoms. The van der Waals surface area contributed by atoms with Crippen molar-refractivity contribution in [2.75, 3.05) is 0 Å². The van der Waals surface area contributed by atoms with Crippen molar-refractivity contribution in [3.05, 3.63) is 0 Å². The Labute approximate surface area is 73.3 Å². The number of hydrogen-bond acceptors (Lipinski definition) is 0. The average Bonchev–Trinajstić information content (AvgIpc) is 2.02. The molecular formula is C11H15O+. The van der Waals surface area contributed by atoms with Gasteiger partial charge in [-0.1, -0.05) is 0 Å². The fraction of sp³-hybridized carbons (Fsp3) is 0.909. The van der Waals surface area contributed by atoms with Crippen LogP contribution >= 0.6 is 0 Å². The van der Waals surface area contributed by atoms with E-state index in [4.69, 9.17) is 0 Å². The molecule has 0 saturated heterocycles. The summed E-state index contributed by atoms with van der Waals surface area (Å²) in [5.41, 5.74) is 0.0365. The first-order valence-corrected chi connectivity index (χ1v) is 5.19. The molecule has 4 fully saturated rings. The molecule has 0 amide bonds. The van der Waals surface area contributed by atoms with Crippen LogP contribution < -0.4 is 0 Å². The number of hydrogen-bond donors (Lipinski definition) is 0. The predicted molar refractivity (Wildman–Crippen MR) is 45.2 cm³/mol. The van der Waals surface area contributed by atoms with Crippen LogP contribution in [0.25, 0.3) is 0 Å². The van der Waals surface area contributed by atoms with Gasteiger partial charge >= 0.3 is 72.5 Å². The van der Waals surface area contributed by atoms with E-state index in [2.05, 4.69) is 6.15 Å². The van der Waals surface area contributed by atoms with Crippen molar-refractivity contribution in [1.82, 2.24) is 0 Å². The molecule has 0 radical (unpaired) electrons. The quantitative estimate of drug-likeness (QED) is 0.489. The topological polar surface area (TPSA) is 19.9 Å². The van der Waals surface area contributed by atoms with Crippen molar-refractivity contribution in [1.29, 1.82) is 0 Å². The van der Waals surface area contributed by atoms with Gasteiger partial charge in [-0.15, -0.1) is 0 Å². The molecule has 0 heterocycles. The van der Waals surface area contributed by atoms with Crippen molar-refractivity contribution in [2.24, 2.45) is 23.2 Å². The van der Waals surface area contributed by atoms with Gasteiger partial charge in [0.05, 0.1) is 0 Å². The summed E-state index contributed by atoms with van der Waals surface area (Å²) in [6, 6.07) is 0. The van der Waals surface area contributed by atoms with Crippen molar-refractivity contribution in [3.63, 3.8) is 0 Å². The summed E-state index contributed by atoms with van der Waals surface area (Å²) < 4.78 is 10.9. The Kier molecular flexibility index (Phi) is 1.29. The third-order valence-corrected chi connectivity index (χ3v) is 4.25. The van der Waals surface area contributed by atoms with Gasteiger partial charge in [0.25, 0.3) is 0 Å². The monoisotopic (exact) mass is 163 g/mol. The van der Waals surface area contributed by atoms with Gasteiger partial charge < -0.3 is 0 Å². The second-order valence-electron chi connectivity index (χ2n) is 5.30. The summed E-state index contributed by atoms with van der Waals surface area (Å²) >= 11 is 0. The molecular weight excluding hydrogens is 148 g/mol. The summed E-state index contributed by atoms with van der Waals surface area (Å²) in [5, 5.41) is 0. The molecule has 4 aliphatic rings. The Hall–Kier alpha value is -0.260. The van der Waals surface area contributed by atoms with E-state index in [9.17, 15) is 4.65 Å². The Morgan fingerprint density at radius 3 is 1.67 bits per heavy atom. The van der Waals surface area contributed by atoms with Gasteiger partial charge in [-0.25, -0.2) is 0 Å². The molecule has 12 heavy (non-hydrogen) atoms. The molecule has 0 atom stereocenters. The maximum absolute atomic E-state index is 10.9. The molecule has 4 aliphatic carbocycles. The van der Waals surface area contributed by atoms with E-state index in [0.717, 1.165) is 17.8 Å². The second-order valence-corrected chi connectivity index (χ2v) is 5.30. The van der Waals surface area contributed by atoms with Gasteiger partial charge in [0, 0.05) is 0 Å². The van der Waals surface area contributed by atoms with Gasteiger partial charge in [0.15, 0.2) is 0 Å². The van der Waals surface area contributed by atoms with E-state index in [1.54, 1.807) is 0 Å². The minimum atomic E-state index is 0.0365. The SMILES string of the molecule is [O+]#CC12CC3CC(CC(C3)C1)C2. The van der Waals surface area contributed by atoms with Gasteiger partial charge in [-0.05, 0) is 0 Å². The zero-order chi connectivity index (χ0) is 8.18. The summed E-state index contributed by atoms with van der Waals surface area (Å²) in [4.78, 5) is 0. The molecule has 1 nitrogen and oxygen atoms in total. The Bertz CT molecular complexity index is 213. The fourth-order valence-corrected chi connectivity index (χ4v) is 4.24. The molecule has 0 spiro atoms. The molecule has 4 saturated carbocycles. The first-order valence-electron chi connectivity index (χ1n) is 5.19. The van der Waals surface area contributed by atoms with E-state index >= 15 is 0 Å². The molecule has 0 aromatic carbocycles. The van der Waals surface area contributed by atoms with Crippen LogP contribution in [0.5, 0.6) is 0 Å². The van der Waals surface area contributed by atoms with Crippen LogP contribution in [0.15, 0.2) is 0 Å². The van der Waals surface area contributed by atoms with Crippen LogP contribution in [0.4, 0.5) is 0 Å². The average molecular weight is 163 g/mol. The van der Waals surface area contributed by atoms with Crippen LogP contribution in [0.2, 0.25) is 0 Å². The molecule has 0 aromatic rings. The molecule has 0 aromatic heterocycles. The third kappa shape index (κ3) is 0.841. The van der Waals surface area contributed by atoms with Crippen LogP contribution in [-0.2, 0) is 4.65 Å². The van der Waals surface area contributed by atoms with Gasteiger partial charge in [-0.3, -0.25) is 0 Å². The normalized spacial score (nSPS) is 55.4. The van der Waals surface area contributed by atoms with Crippen molar-refractivity contribution < 1.29 is 4.65 Å². The van der Waals surface area contributed by atoms with E-state index in [-0.39, 0.29) is 5.41 Å². The van der Waals surface area contributed by atoms with E-state index in [1.807, 2.05) is 0 Å². The first-order chi connectivity index (χ1) is 5.80. The standard InChI is InChI=1S/C11H15O/c12-7-11-4-8-1-9(5-11)3-10(2-8)6-11/h8-10H,1-6H2/q+1. The van der Waals surface area contributed by atoms with Gasteiger partial charge in [0.1, 0.15) is 0 Å². The fourth-order valence-electron chi connectivity index (χ4n) is 4.24. The van der Waals surface area contributed by atoms with Crippen molar-refractivity contribution in [3.8, 4) is 6.15 Å². The van der Waals surface area contributed by atoms with Crippen LogP contribution in [0, 0.1) is 29.3 Å². The molecule has 0 N–H and O–H groups in total. The van der Waals surface area contributed by atoms with Gasteiger partial charge in [0.2, 0.25) is 0 Å². The third-order valence-electron chi connectivity index (χ3n) is 4.25. The number of rotatable bonds is 0. The summed E-state index contributed by atoms with van der Waals surface area (Å²) in [6.07, 6.45) is 10.1. The van der Waals surface area contributed by atoms with Crippen LogP contribution in [0.1, 0.15) is 38.5 Å². The minimum absolute atomic E-state index is 0.0365. The summed E-state index contributed by atoms with van der Waals surface area (Å²) in [5.74, 6) is 2.66. The second kappa shape index (κ2) is 2.16. The molecule has 0 unspecified atom stereocenters. The van der Waals surface area contributed by atoms with Crippen molar-refractivity contribution in [2.45, 2.75) is 38.5 Å². The maximum atomic E-state index is 10.9. The Morgan fingerprint density at radius 1 is 0.917 bits per heavy atom. The van der Waals surface area contributed by atoms with E-state index < -0.39 is 0 Å². The van der Waals surface area contributed by atoms with Crippen molar-refractivity contribution >= 4 is 0 Å².